The van der Waals surface area contributed by atoms with Crippen molar-refractivity contribution >= 4 is 45.6 Å². The number of thiophene rings is 1. The number of benzene rings is 1. The summed E-state index contributed by atoms with van der Waals surface area (Å²) in [5, 5.41) is 14.4. The largest absolute Gasteiger partial charge is 0.416 e. The molecule has 0 bridgehead atoms. The molecule has 2 N–H and O–H groups in total. The van der Waals surface area contributed by atoms with Crippen molar-refractivity contribution in [3.05, 3.63) is 39.8 Å². The van der Waals surface area contributed by atoms with Gasteiger partial charge >= 0.3 is 6.18 Å². The van der Waals surface area contributed by atoms with Crippen LogP contribution in [0.5, 0.6) is 0 Å². The summed E-state index contributed by atoms with van der Waals surface area (Å²) >= 11 is 2.46. The Morgan fingerprint density at radius 1 is 1.30 bits per heavy atom. The first-order chi connectivity index (χ1) is 14.3. The summed E-state index contributed by atoms with van der Waals surface area (Å²) in [5.41, 5.74) is 0.746. The van der Waals surface area contributed by atoms with Crippen molar-refractivity contribution in [1.82, 2.24) is 0 Å². The number of fused-ring (bicyclic) bond motifs is 2. The third kappa shape index (κ3) is 4.04. The van der Waals surface area contributed by atoms with Crippen LogP contribution >= 0.6 is 23.1 Å². The van der Waals surface area contributed by atoms with Crippen LogP contribution in [0.1, 0.15) is 40.8 Å². The average Bonchev–Trinajstić information content (AvgIpc) is 3.04. The van der Waals surface area contributed by atoms with Gasteiger partial charge in [-0.3, -0.25) is 9.59 Å². The van der Waals surface area contributed by atoms with Crippen LogP contribution in [0, 0.1) is 11.3 Å². The Morgan fingerprint density at radius 2 is 2.07 bits per heavy atom. The molecule has 156 valence electrons. The molecule has 0 spiro atoms. The van der Waals surface area contributed by atoms with Gasteiger partial charge in [0.1, 0.15) is 11.1 Å². The van der Waals surface area contributed by atoms with Gasteiger partial charge in [0.05, 0.1) is 22.1 Å². The van der Waals surface area contributed by atoms with Crippen LogP contribution in [0.15, 0.2) is 23.1 Å². The van der Waals surface area contributed by atoms with Crippen molar-refractivity contribution in [2.45, 2.75) is 48.4 Å². The number of alkyl halides is 3. The van der Waals surface area contributed by atoms with Gasteiger partial charge < -0.3 is 10.6 Å². The van der Waals surface area contributed by atoms with Crippen molar-refractivity contribution in [1.29, 1.82) is 5.26 Å². The molecule has 4 rings (SSSR count). The zero-order valence-electron chi connectivity index (χ0n) is 15.6. The third-order valence-corrected chi connectivity index (χ3v) is 7.52. The van der Waals surface area contributed by atoms with E-state index < -0.39 is 28.8 Å². The number of nitrogens with zero attached hydrogens (tertiary/aromatic N) is 1. The maximum Gasteiger partial charge on any atom is 0.416 e. The van der Waals surface area contributed by atoms with Gasteiger partial charge in [-0.15, -0.1) is 23.1 Å². The molecule has 0 fully saturated rings. The van der Waals surface area contributed by atoms with Gasteiger partial charge in [-0.1, -0.05) is 0 Å². The summed E-state index contributed by atoms with van der Waals surface area (Å²) in [7, 11) is 0. The number of amides is 2. The lowest BCUT2D eigenvalue weighted by Crippen LogP contribution is -2.32. The van der Waals surface area contributed by atoms with E-state index in [4.69, 9.17) is 0 Å². The molecule has 2 aliphatic rings. The number of anilines is 2. The predicted octanol–water partition coefficient (Wildman–Crippen LogP) is 4.96. The monoisotopic (exact) mass is 451 g/mol. The number of thioether (sulfide) groups is 1. The Morgan fingerprint density at radius 3 is 2.80 bits per heavy atom. The third-order valence-electron chi connectivity index (χ3n) is 5.03. The molecule has 1 atom stereocenters. The topological polar surface area (TPSA) is 82.0 Å². The SMILES string of the molecule is N#Cc1c(NC(=O)CC2Sc3ccc(C(F)(F)F)cc3NC2=O)sc2c1CCCC2. The van der Waals surface area contributed by atoms with Crippen molar-refractivity contribution in [2.24, 2.45) is 0 Å². The standard InChI is InChI=1S/C20H16F3N3O2S2/c21-20(22,23)10-5-6-15-13(7-10)25-18(28)16(29-15)8-17(27)26-19-12(9-24)11-3-1-2-4-14(11)30-19/h5-7,16H,1-4,8H2,(H,25,28)(H,26,27). The van der Waals surface area contributed by atoms with Gasteiger partial charge in [0.15, 0.2) is 0 Å². The number of nitriles is 1. The zero-order valence-corrected chi connectivity index (χ0v) is 17.2. The Bertz CT molecular complexity index is 1070. The van der Waals surface area contributed by atoms with Gasteiger partial charge in [-0.25, -0.2) is 0 Å². The first kappa shape index (κ1) is 20.8. The second-order valence-corrected chi connectivity index (χ2v) is 9.43. The Hall–Kier alpha value is -2.51. The quantitative estimate of drug-likeness (QED) is 0.691. The summed E-state index contributed by atoms with van der Waals surface area (Å²) < 4.78 is 38.6. The smallest absolute Gasteiger partial charge is 0.324 e. The molecular formula is C20H16F3N3O2S2. The molecular weight excluding hydrogens is 435 g/mol. The van der Waals surface area contributed by atoms with E-state index in [1.165, 1.54) is 17.4 Å². The molecule has 2 amide bonds. The predicted molar refractivity (Wildman–Crippen MR) is 109 cm³/mol. The maximum atomic E-state index is 12.9. The molecule has 0 saturated carbocycles. The highest BCUT2D eigenvalue weighted by Crippen LogP contribution is 2.41. The molecule has 10 heteroatoms. The van der Waals surface area contributed by atoms with Crippen LogP contribution in [0.4, 0.5) is 23.9 Å². The average molecular weight is 451 g/mol. The number of carbonyl (C=O) groups is 2. The lowest BCUT2D eigenvalue weighted by atomic mass is 9.96. The molecule has 1 aromatic heterocycles. The van der Waals surface area contributed by atoms with Crippen LogP contribution < -0.4 is 10.6 Å². The van der Waals surface area contributed by atoms with E-state index in [2.05, 4.69) is 16.7 Å². The maximum absolute atomic E-state index is 12.9. The first-order valence-corrected chi connectivity index (χ1v) is 11.0. The number of aryl methyl sites for hydroxylation is 1. The molecule has 30 heavy (non-hydrogen) atoms. The van der Waals surface area contributed by atoms with Crippen LogP contribution in [0.2, 0.25) is 0 Å². The number of rotatable bonds is 3. The molecule has 1 aliphatic carbocycles. The minimum Gasteiger partial charge on any atom is -0.324 e. The Kier molecular flexibility index (Phi) is 5.51. The highest BCUT2D eigenvalue weighted by atomic mass is 32.2. The molecule has 0 saturated heterocycles. The minimum atomic E-state index is -4.50. The highest BCUT2D eigenvalue weighted by Gasteiger charge is 2.34. The Balaban J connectivity index is 1.47. The molecule has 5 nitrogen and oxygen atoms in total. The summed E-state index contributed by atoms with van der Waals surface area (Å²) in [5.74, 6) is -0.930. The van der Waals surface area contributed by atoms with Crippen LogP contribution in [-0.2, 0) is 28.6 Å². The van der Waals surface area contributed by atoms with Crippen molar-refractivity contribution in [3.8, 4) is 6.07 Å². The molecule has 2 heterocycles. The normalized spacial score (nSPS) is 18.1. The number of hydrogen-bond donors (Lipinski definition) is 2. The van der Waals surface area contributed by atoms with E-state index in [1.807, 2.05) is 0 Å². The van der Waals surface area contributed by atoms with Crippen molar-refractivity contribution in [2.75, 3.05) is 10.6 Å². The fraction of sp³-hybridized carbons (Fsp3) is 0.350. The second kappa shape index (κ2) is 7.96. The number of nitrogens with one attached hydrogen (secondary N) is 2. The zero-order chi connectivity index (χ0) is 21.5. The van der Waals surface area contributed by atoms with Gasteiger partial charge in [-0.05, 0) is 49.4 Å². The van der Waals surface area contributed by atoms with Crippen LogP contribution in [-0.4, -0.2) is 17.1 Å². The van der Waals surface area contributed by atoms with Gasteiger partial charge in [0.2, 0.25) is 11.8 Å². The summed E-state index contributed by atoms with van der Waals surface area (Å²) in [6, 6.07) is 5.32. The summed E-state index contributed by atoms with van der Waals surface area (Å²) in [4.78, 5) is 26.5. The van der Waals surface area contributed by atoms with E-state index in [0.29, 0.717) is 15.5 Å². The fourth-order valence-corrected chi connectivity index (χ4v) is 5.93. The van der Waals surface area contributed by atoms with Gasteiger partial charge in [0.25, 0.3) is 0 Å². The van der Waals surface area contributed by atoms with Crippen molar-refractivity contribution < 1.29 is 22.8 Å². The molecule has 0 radical (unpaired) electrons. The van der Waals surface area contributed by atoms with Crippen LogP contribution in [0.25, 0.3) is 0 Å². The van der Waals surface area contributed by atoms with Crippen molar-refractivity contribution in [3.63, 3.8) is 0 Å². The lowest BCUT2D eigenvalue weighted by Gasteiger charge is -2.24. The molecule has 1 aromatic carbocycles. The minimum absolute atomic E-state index is 0.0918. The molecule has 1 unspecified atom stereocenters. The first-order valence-electron chi connectivity index (χ1n) is 9.29. The van der Waals surface area contributed by atoms with E-state index in [9.17, 15) is 28.0 Å². The molecule has 1 aliphatic heterocycles. The number of carbonyl (C=O) groups excluding carboxylic acids is 2. The van der Waals surface area contributed by atoms with E-state index in [0.717, 1.165) is 60.0 Å². The summed E-state index contributed by atoms with van der Waals surface area (Å²) in [6.07, 6.45) is -0.867. The Labute approximate surface area is 178 Å². The fourth-order valence-electron chi connectivity index (χ4n) is 3.58. The van der Waals surface area contributed by atoms with Crippen LogP contribution in [0.3, 0.4) is 0 Å². The van der Waals surface area contributed by atoms with Gasteiger partial charge in [-0.2, -0.15) is 18.4 Å². The lowest BCUT2D eigenvalue weighted by molar-refractivity contribution is -0.137. The number of halogens is 3. The summed E-state index contributed by atoms with van der Waals surface area (Å²) in [6.45, 7) is 0. The van der Waals surface area contributed by atoms with E-state index in [-0.39, 0.29) is 12.1 Å². The van der Waals surface area contributed by atoms with E-state index in [1.54, 1.807) is 0 Å². The molecule has 2 aromatic rings. The number of hydrogen-bond acceptors (Lipinski definition) is 5. The highest BCUT2D eigenvalue weighted by molar-refractivity contribution is 8.01. The van der Waals surface area contributed by atoms with E-state index >= 15 is 0 Å². The van der Waals surface area contributed by atoms with Gasteiger partial charge in [0, 0.05) is 16.2 Å². The second-order valence-electron chi connectivity index (χ2n) is 7.08.